The second-order valence-corrected chi connectivity index (χ2v) is 6.76. The van der Waals surface area contributed by atoms with Crippen molar-refractivity contribution in [3.05, 3.63) is 65.7 Å². The number of carbonyl (C=O) groups is 1. The summed E-state index contributed by atoms with van der Waals surface area (Å²) in [5.41, 5.74) is 4.56. The lowest BCUT2D eigenvalue weighted by atomic mass is 10.1. The zero-order valence-corrected chi connectivity index (χ0v) is 15.6. The maximum atomic E-state index is 12.0. The number of hydrazone groups is 1. The van der Waals surface area contributed by atoms with E-state index in [2.05, 4.69) is 15.4 Å². The second kappa shape index (κ2) is 10.5. The highest BCUT2D eigenvalue weighted by Gasteiger charge is 2.11. The van der Waals surface area contributed by atoms with Gasteiger partial charge in [0.1, 0.15) is 12.4 Å². The number of para-hydroxylation sites is 1. The van der Waals surface area contributed by atoms with E-state index in [4.69, 9.17) is 4.74 Å². The molecule has 0 saturated carbocycles. The van der Waals surface area contributed by atoms with Crippen molar-refractivity contribution in [1.29, 1.82) is 0 Å². The molecule has 2 aromatic rings. The molecule has 5 nitrogen and oxygen atoms in total. The van der Waals surface area contributed by atoms with Crippen LogP contribution in [0.15, 0.2) is 59.7 Å². The first-order chi connectivity index (χ1) is 13.3. The molecule has 1 amide bonds. The van der Waals surface area contributed by atoms with E-state index in [0.29, 0.717) is 13.0 Å². The standard InChI is InChI=1S/C22H27N3O2/c26-22(13-16-25-14-7-2-8-15-25)24-23-17-20-11-5-6-12-21(20)27-18-19-9-3-1-4-10-19/h1,3-6,9-12,17H,2,7-8,13-16,18H2,(H,24,26)/b23-17+. The summed E-state index contributed by atoms with van der Waals surface area (Å²) in [5, 5.41) is 4.10. The van der Waals surface area contributed by atoms with E-state index in [0.717, 1.165) is 36.5 Å². The minimum absolute atomic E-state index is 0.0560. The molecular formula is C22H27N3O2. The van der Waals surface area contributed by atoms with Crippen LogP contribution in [0.5, 0.6) is 5.75 Å². The van der Waals surface area contributed by atoms with Gasteiger partial charge in [0, 0.05) is 18.5 Å². The normalized spacial score (nSPS) is 15.0. The van der Waals surface area contributed by atoms with E-state index in [1.807, 2.05) is 54.6 Å². The van der Waals surface area contributed by atoms with Crippen molar-refractivity contribution in [3.8, 4) is 5.75 Å². The number of piperidine rings is 1. The van der Waals surface area contributed by atoms with Crippen LogP contribution in [0.3, 0.4) is 0 Å². The molecule has 0 radical (unpaired) electrons. The van der Waals surface area contributed by atoms with Crippen molar-refractivity contribution < 1.29 is 9.53 Å². The van der Waals surface area contributed by atoms with Crippen molar-refractivity contribution in [1.82, 2.24) is 10.3 Å². The molecule has 1 heterocycles. The molecule has 1 aliphatic heterocycles. The summed E-state index contributed by atoms with van der Waals surface area (Å²) < 4.78 is 5.90. The van der Waals surface area contributed by atoms with Crippen LogP contribution in [0, 0.1) is 0 Å². The Hall–Kier alpha value is -2.66. The van der Waals surface area contributed by atoms with Gasteiger partial charge >= 0.3 is 0 Å². The Morgan fingerprint density at radius 1 is 1.04 bits per heavy atom. The van der Waals surface area contributed by atoms with Crippen molar-refractivity contribution in [2.45, 2.75) is 32.3 Å². The van der Waals surface area contributed by atoms with Crippen molar-refractivity contribution >= 4 is 12.1 Å². The third-order valence-electron chi connectivity index (χ3n) is 4.65. The van der Waals surface area contributed by atoms with Crippen molar-refractivity contribution in [2.24, 2.45) is 5.10 Å². The van der Waals surface area contributed by atoms with E-state index < -0.39 is 0 Å². The van der Waals surface area contributed by atoms with E-state index >= 15 is 0 Å². The van der Waals surface area contributed by atoms with E-state index in [1.54, 1.807) is 6.21 Å². The Bertz CT molecular complexity index is 740. The van der Waals surface area contributed by atoms with Gasteiger partial charge < -0.3 is 9.64 Å². The lowest BCUT2D eigenvalue weighted by molar-refractivity contribution is -0.121. The number of likely N-dealkylation sites (tertiary alicyclic amines) is 1. The average Bonchev–Trinajstić information content (AvgIpc) is 2.73. The van der Waals surface area contributed by atoms with Crippen LogP contribution in [0.1, 0.15) is 36.8 Å². The molecule has 0 unspecified atom stereocenters. The minimum atomic E-state index is -0.0560. The molecule has 3 rings (SSSR count). The van der Waals surface area contributed by atoms with Gasteiger partial charge in [-0.2, -0.15) is 5.10 Å². The molecule has 1 N–H and O–H groups in total. The summed E-state index contributed by atoms with van der Waals surface area (Å²) >= 11 is 0. The Kier molecular flexibility index (Phi) is 7.42. The molecule has 0 atom stereocenters. The van der Waals surface area contributed by atoms with Crippen LogP contribution >= 0.6 is 0 Å². The van der Waals surface area contributed by atoms with Gasteiger partial charge in [0.2, 0.25) is 5.91 Å². The first kappa shape index (κ1) is 19.1. The summed E-state index contributed by atoms with van der Waals surface area (Å²) in [6, 6.07) is 17.7. The molecule has 1 aliphatic rings. The number of carbonyl (C=O) groups excluding carboxylic acids is 1. The topological polar surface area (TPSA) is 53.9 Å². The monoisotopic (exact) mass is 365 g/mol. The second-order valence-electron chi connectivity index (χ2n) is 6.76. The molecule has 142 valence electrons. The number of rotatable bonds is 8. The lowest BCUT2D eigenvalue weighted by Gasteiger charge is -2.25. The molecular weight excluding hydrogens is 338 g/mol. The van der Waals surface area contributed by atoms with Gasteiger partial charge in [-0.1, -0.05) is 48.9 Å². The Morgan fingerprint density at radius 3 is 2.59 bits per heavy atom. The number of nitrogens with one attached hydrogen (secondary N) is 1. The first-order valence-corrected chi connectivity index (χ1v) is 9.61. The van der Waals surface area contributed by atoms with Gasteiger partial charge in [0.05, 0.1) is 6.21 Å². The van der Waals surface area contributed by atoms with Crippen molar-refractivity contribution in [3.63, 3.8) is 0 Å². The predicted octanol–water partition coefficient (Wildman–Crippen LogP) is 3.59. The van der Waals surface area contributed by atoms with Gasteiger partial charge in [0.15, 0.2) is 0 Å². The molecule has 27 heavy (non-hydrogen) atoms. The predicted molar refractivity (Wildman–Crippen MR) is 108 cm³/mol. The summed E-state index contributed by atoms with van der Waals surface area (Å²) in [4.78, 5) is 14.3. The first-order valence-electron chi connectivity index (χ1n) is 9.61. The van der Waals surface area contributed by atoms with Crippen LogP contribution in [-0.2, 0) is 11.4 Å². The van der Waals surface area contributed by atoms with Gasteiger partial charge in [-0.15, -0.1) is 0 Å². The van der Waals surface area contributed by atoms with Crippen molar-refractivity contribution in [2.75, 3.05) is 19.6 Å². The minimum Gasteiger partial charge on any atom is -0.488 e. The van der Waals surface area contributed by atoms with Crippen LogP contribution in [-0.4, -0.2) is 36.7 Å². The zero-order chi connectivity index (χ0) is 18.7. The summed E-state index contributed by atoms with van der Waals surface area (Å²) in [7, 11) is 0. The number of hydrogen-bond acceptors (Lipinski definition) is 4. The van der Waals surface area contributed by atoms with Crippen LogP contribution in [0.25, 0.3) is 0 Å². The maximum absolute atomic E-state index is 12.0. The van der Waals surface area contributed by atoms with Gasteiger partial charge in [-0.25, -0.2) is 5.43 Å². The fourth-order valence-corrected chi connectivity index (χ4v) is 3.13. The molecule has 0 aromatic heterocycles. The Balaban J connectivity index is 1.47. The highest BCUT2D eigenvalue weighted by Crippen LogP contribution is 2.17. The van der Waals surface area contributed by atoms with Crippen LogP contribution in [0.4, 0.5) is 0 Å². The van der Waals surface area contributed by atoms with E-state index in [1.165, 1.54) is 19.3 Å². The molecule has 2 aromatic carbocycles. The summed E-state index contributed by atoms with van der Waals surface area (Å²) in [6.45, 7) is 3.50. The number of nitrogens with zero attached hydrogens (tertiary/aromatic N) is 2. The SMILES string of the molecule is O=C(CCN1CCCCC1)N/N=C/c1ccccc1OCc1ccccc1. The Labute approximate surface area is 161 Å². The van der Waals surface area contributed by atoms with Crippen LogP contribution < -0.4 is 10.2 Å². The maximum Gasteiger partial charge on any atom is 0.241 e. The van der Waals surface area contributed by atoms with Gasteiger partial charge in [-0.3, -0.25) is 4.79 Å². The van der Waals surface area contributed by atoms with E-state index in [-0.39, 0.29) is 5.91 Å². The fourth-order valence-electron chi connectivity index (χ4n) is 3.13. The molecule has 1 saturated heterocycles. The number of hydrogen-bond donors (Lipinski definition) is 1. The average molecular weight is 365 g/mol. The van der Waals surface area contributed by atoms with Gasteiger partial charge in [-0.05, 0) is 43.6 Å². The number of ether oxygens (including phenoxy) is 1. The molecule has 0 aliphatic carbocycles. The smallest absolute Gasteiger partial charge is 0.241 e. The largest absolute Gasteiger partial charge is 0.488 e. The van der Waals surface area contributed by atoms with Crippen LogP contribution in [0.2, 0.25) is 0 Å². The number of amides is 1. The quantitative estimate of drug-likeness (QED) is 0.574. The molecule has 5 heteroatoms. The summed E-state index contributed by atoms with van der Waals surface area (Å²) in [5.74, 6) is 0.687. The highest BCUT2D eigenvalue weighted by molar-refractivity contribution is 5.85. The molecule has 0 spiro atoms. The van der Waals surface area contributed by atoms with Gasteiger partial charge in [0.25, 0.3) is 0 Å². The highest BCUT2D eigenvalue weighted by atomic mass is 16.5. The third-order valence-corrected chi connectivity index (χ3v) is 4.65. The molecule has 1 fully saturated rings. The Morgan fingerprint density at radius 2 is 1.78 bits per heavy atom. The van der Waals surface area contributed by atoms with E-state index in [9.17, 15) is 4.79 Å². The third kappa shape index (κ3) is 6.53. The summed E-state index contributed by atoms with van der Waals surface area (Å²) in [6.07, 6.45) is 5.89. The zero-order valence-electron chi connectivity index (χ0n) is 15.6. The number of benzene rings is 2. The fraction of sp³-hybridized carbons (Fsp3) is 0.364. The molecule has 0 bridgehead atoms. The lowest BCUT2D eigenvalue weighted by Crippen LogP contribution is -2.33.